The van der Waals surface area contributed by atoms with E-state index in [1.54, 1.807) is 43.5 Å². The molecule has 0 radical (unpaired) electrons. The van der Waals surface area contributed by atoms with Gasteiger partial charge in [0.15, 0.2) is 5.69 Å². The Morgan fingerprint density at radius 2 is 1.76 bits per heavy atom. The third-order valence-electron chi connectivity index (χ3n) is 6.04. The molecule has 11 heteroatoms. The van der Waals surface area contributed by atoms with E-state index in [0.717, 1.165) is 17.1 Å². The van der Waals surface area contributed by atoms with Gasteiger partial charge in [-0.05, 0) is 67.2 Å². The van der Waals surface area contributed by atoms with Gasteiger partial charge in [0.2, 0.25) is 5.91 Å². The van der Waals surface area contributed by atoms with Crippen LogP contribution in [0.3, 0.4) is 0 Å². The lowest BCUT2D eigenvalue weighted by molar-refractivity contribution is -0.127. The van der Waals surface area contributed by atoms with Crippen LogP contribution < -0.4 is 21.5 Å². The van der Waals surface area contributed by atoms with Gasteiger partial charge in [0.25, 0.3) is 11.8 Å². The van der Waals surface area contributed by atoms with Crippen molar-refractivity contribution in [1.82, 2.24) is 14.6 Å². The molecule has 6 N–H and O–H groups in total. The lowest BCUT2D eigenvalue weighted by atomic mass is 9.98. The first-order valence-electron chi connectivity index (χ1n) is 11.6. The molecule has 0 aliphatic rings. The zero-order chi connectivity index (χ0) is 27.3. The highest BCUT2D eigenvalue weighted by Gasteiger charge is 2.36. The predicted octanol–water partition coefficient (Wildman–Crippen LogP) is 3.23. The smallest absolute Gasteiger partial charge is 0.270 e. The molecule has 3 aromatic rings. The number of carbonyl (C=O) groups is 3. The number of carbonyl (C=O) groups excluding carboxylic acids is 3. The number of ether oxygens (including phenoxy) is 1. The van der Waals surface area contributed by atoms with Gasteiger partial charge >= 0.3 is 0 Å². The summed E-state index contributed by atoms with van der Waals surface area (Å²) in [5.74, 6) is -1.22. The van der Waals surface area contributed by atoms with E-state index in [1.807, 2.05) is 20.8 Å². The van der Waals surface area contributed by atoms with Gasteiger partial charge in [0.1, 0.15) is 22.4 Å². The van der Waals surface area contributed by atoms with Gasteiger partial charge in [-0.1, -0.05) is 31.2 Å². The zero-order valence-electron chi connectivity index (χ0n) is 21.1. The number of rotatable bonds is 10. The maximum atomic E-state index is 14.0. The molecular weight excluding hydrogens is 494 g/mol. The second-order valence-electron chi connectivity index (χ2n) is 9.14. The Hall–Kier alpha value is -4.12. The first kappa shape index (κ1) is 27.5. The number of aromatic hydroxyl groups is 1. The molecule has 0 spiro atoms. The second-order valence-corrected chi connectivity index (χ2v) is 9.91. The Morgan fingerprint density at radius 3 is 2.27 bits per heavy atom. The van der Waals surface area contributed by atoms with Crippen molar-refractivity contribution in [1.29, 1.82) is 0 Å². The number of nitrogens with zero attached hydrogens (tertiary/aromatic N) is 2. The van der Waals surface area contributed by atoms with Gasteiger partial charge in [-0.3, -0.25) is 14.4 Å². The molecule has 3 amide bonds. The van der Waals surface area contributed by atoms with E-state index < -0.39 is 29.3 Å². The van der Waals surface area contributed by atoms with Crippen molar-refractivity contribution in [3.63, 3.8) is 0 Å². The Morgan fingerprint density at radius 1 is 1.14 bits per heavy atom. The number of nitrogens with two attached hydrogens (primary N) is 2. The minimum absolute atomic E-state index is 0.00589. The van der Waals surface area contributed by atoms with Crippen molar-refractivity contribution in [3.8, 4) is 11.5 Å². The summed E-state index contributed by atoms with van der Waals surface area (Å²) in [4.78, 5) is 40.8. The summed E-state index contributed by atoms with van der Waals surface area (Å²) in [7, 11) is 1.55. The molecule has 196 valence electrons. The SMILES string of the molecule is CCC(C)(C)NC(=O)[C@@H](c1ccc(O)cc1)N(Cc1ccc(OC)cc1)C(=O)c1snc(C(N)=O)c1N. The predicted molar refractivity (Wildman–Crippen MR) is 141 cm³/mol. The third-order valence-corrected chi connectivity index (χ3v) is 6.89. The fourth-order valence-electron chi connectivity index (χ4n) is 3.59. The van der Waals surface area contributed by atoms with Crippen LogP contribution in [0.15, 0.2) is 48.5 Å². The molecular formula is C26H31N5O5S. The van der Waals surface area contributed by atoms with Crippen molar-refractivity contribution in [3.05, 3.63) is 70.2 Å². The summed E-state index contributed by atoms with van der Waals surface area (Å²) in [5.41, 5.74) is 11.7. The number of phenolic OH excluding ortho intramolecular Hbond substituents is 1. The molecule has 3 rings (SSSR count). The van der Waals surface area contributed by atoms with E-state index >= 15 is 0 Å². The fourth-order valence-corrected chi connectivity index (χ4v) is 4.35. The van der Waals surface area contributed by atoms with Crippen LogP contribution in [0.4, 0.5) is 5.69 Å². The highest BCUT2D eigenvalue weighted by molar-refractivity contribution is 7.09. The second kappa shape index (κ2) is 11.3. The van der Waals surface area contributed by atoms with Gasteiger partial charge in [0, 0.05) is 12.1 Å². The Balaban J connectivity index is 2.15. The van der Waals surface area contributed by atoms with E-state index in [2.05, 4.69) is 9.69 Å². The molecule has 1 atom stereocenters. The molecule has 1 heterocycles. The summed E-state index contributed by atoms with van der Waals surface area (Å²) in [5, 5.41) is 12.9. The number of nitrogens with one attached hydrogen (secondary N) is 1. The lowest BCUT2D eigenvalue weighted by Gasteiger charge is -2.34. The van der Waals surface area contributed by atoms with E-state index in [9.17, 15) is 19.5 Å². The van der Waals surface area contributed by atoms with Gasteiger partial charge < -0.3 is 31.5 Å². The molecule has 1 aromatic heterocycles. The number of phenols is 1. The molecule has 0 saturated heterocycles. The van der Waals surface area contributed by atoms with E-state index in [4.69, 9.17) is 16.2 Å². The van der Waals surface area contributed by atoms with Crippen LogP contribution in [0.1, 0.15) is 64.5 Å². The van der Waals surface area contributed by atoms with E-state index in [0.29, 0.717) is 17.7 Å². The number of primary amides is 1. The number of hydrogen-bond donors (Lipinski definition) is 4. The molecule has 2 aromatic carbocycles. The minimum atomic E-state index is -1.10. The fraction of sp³-hybridized carbons (Fsp3) is 0.308. The van der Waals surface area contributed by atoms with Crippen molar-refractivity contribution in [2.45, 2.75) is 45.3 Å². The summed E-state index contributed by atoms with van der Waals surface area (Å²) in [6.07, 6.45) is 0.650. The standard InChI is InChI=1S/C26H31N5O5S/c1-5-26(2,3)29-24(34)21(16-8-10-17(32)11-9-16)31(14-15-6-12-18(36-4)13-7-15)25(35)22-19(27)20(23(28)33)30-37-22/h6-13,21,32H,5,14,27H2,1-4H3,(H2,28,33)(H,29,34)/t21-/m1/s1. The highest BCUT2D eigenvalue weighted by atomic mass is 32.1. The average Bonchev–Trinajstić information content (AvgIpc) is 3.26. The van der Waals surface area contributed by atoms with Crippen LogP contribution in [-0.4, -0.2) is 44.8 Å². The molecule has 0 fully saturated rings. The Labute approximate surface area is 219 Å². The van der Waals surface area contributed by atoms with Crippen molar-refractivity contribution in [2.24, 2.45) is 5.73 Å². The number of anilines is 1. The van der Waals surface area contributed by atoms with Crippen LogP contribution in [0.25, 0.3) is 0 Å². The number of hydrogen-bond acceptors (Lipinski definition) is 8. The van der Waals surface area contributed by atoms with Crippen LogP contribution in [0, 0.1) is 0 Å². The molecule has 0 unspecified atom stereocenters. The number of nitrogen functional groups attached to an aromatic ring is 1. The maximum Gasteiger partial charge on any atom is 0.270 e. The summed E-state index contributed by atoms with van der Waals surface area (Å²) < 4.78 is 9.18. The summed E-state index contributed by atoms with van der Waals surface area (Å²) >= 11 is 0.743. The third kappa shape index (κ3) is 6.36. The molecule has 0 aliphatic heterocycles. The van der Waals surface area contributed by atoms with Crippen molar-refractivity contribution in [2.75, 3.05) is 12.8 Å². The quantitative estimate of drug-likeness (QED) is 0.316. The summed E-state index contributed by atoms with van der Waals surface area (Å²) in [6, 6.07) is 12.0. The average molecular weight is 526 g/mol. The minimum Gasteiger partial charge on any atom is -0.508 e. The number of amides is 3. The number of benzene rings is 2. The van der Waals surface area contributed by atoms with Gasteiger partial charge in [-0.25, -0.2) is 0 Å². The van der Waals surface area contributed by atoms with Crippen molar-refractivity contribution >= 4 is 34.9 Å². The van der Waals surface area contributed by atoms with Crippen molar-refractivity contribution < 1.29 is 24.2 Å². The Bertz CT molecular complexity index is 1270. The van der Waals surface area contributed by atoms with Gasteiger partial charge in [0.05, 0.1) is 12.8 Å². The molecule has 37 heavy (non-hydrogen) atoms. The Kier molecular flexibility index (Phi) is 8.38. The van der Waals surface area contributed by atoms with Crippen LogP contribution >= 0.6 is 11.5 Å². The monoisotopic (exact) mass is 525 g/mol. The summed E-state index contributed by atoms with van der Waals surface area (Å²) in [6.45, 7) is 5.74. The van der Waals surface area contributed by atoms with E-state index in [-0.39, 0.29) is 28.6 Å². The molecule has 0 bridgehead atoms. The first-order chi connectivity index (χ1) is 17.5. The first-order valence-corrected chi connectivity index (χ1v) is 12.3. The molecule has 0 aliphatic carbocycles. The van der Waals surface area contributed by atoms with Gasteiger partial charge in [-0.15, -0.1) is 0 Å². The molecule has 10 nitrogen and oxygen atoms in total. The highest BCUT2D eigenvalue weighted by Crippen LogP contribution is 2.31. The topological polar surface area (TPSA) is 161 Å². The van der Waals surface area contributed by atoms with Crippen LogP contribution in [0.2, 0.25) is 0 Å². The molecule has 0 saturated carbocycles. The van der Waals surface area contributed by atoms with Crippen LogP contribution in [-0.2, 0) is 11.3 Å². The number of aromatic nitrogens is 1. The lowest BCUT2D eigenvalue weighted by Crippen LogP contribution is -2.50. The zero-order valence-corrected chi connectivity index (χ0v) is 22.0. The number of methoxy groups -OCH3 is 1. The normalized spacial score (nSPS) is 12.0. The maximum absolute atomic E-state index is 14.0. The van der Waals surface area contributed by atoms with Gasteiger partial charge in [-0.2, -0.15) is 4.37 Å². The largest absolute Gasteiger partial charge is 0.508 e. The van der Waals surface area contributed by atoms with E-state index in [1.165, 1.54) is 17.0 Å². The van der Waals surface area contributed by atoms with Crippen LogP contribution in [0.5, 0.6) is 11.5 Å².